The first kappa shape index (κ1) is 25.2. The van der Waals surface area contributed by atoms with E-state index in [1.807, 2.05) is 0 Å². The topological polar surface area (TPSA) is 88.7 Å². The molecular formula is C31H36FN3O4S. The monoisotopic (exact) mass is 565 g/mol. The second-order valence-electron chi connectivity index (χ2n) is 13.2. The number of carbonyl (C=O) groups is 1. The SMILES string of the molecule is C[C@@H]1CC2CC(OCc3c(C4CCCCC45CC5)noc3C3CC3)CC1N2c1nc2c(F)cc(C(=O)O)cc2s1. The predicted molar refractivity (Wildman–Crippen MR) is 150 cm³/mol. The minimum Gasteiger partial charge on any atom is -0.478 e. The molecule has 2 aromatic heterocycles. The first-order valence-corrected chi connectivity index (χ1v) is 15.9. The van der Waals surface area contributed by atoms with Crippen LogP contribution in [-0.2, 0) is 11.3 Å². The largest absolute Gasteiger partial charge is 0.478 e. The van der Waals surface area contributed by atoms with Crippen LogP contribution in [0.3, 0.4) is 0 Å². The molecule has 2 aliphatic heterocycles. The van der Waals surface area contributed by atoms with E-state index >= 15 is 0 Å². The molecule has 1 spiro atoms. The summed E-state index contributed by atoms with van der Waals surface area (Å²) < 4.78 is 28.1. The molecule has 3 aromatic rings. The number of carboxylic acids is 1. The number of nitrogens with zero attached hydrogens (tertiary/aromatic N) is 3. The summed E-state index contributed by atoms with van der Waals surface area (Å²) in [5.74, 6) is 0.905. The van der Waals surface area contributed by atoms with Crippen molar-refractivity contribution < 1.29 is 23.6 Å². The van der Waals surface area contributed by atoms with Crippen molar-refractivity contribution in [3.8, 4) is 0 Å². The molecule has 0 amide bonds. The van der Waals surface area contributed by atoms with Crippen LogP contribution >= 0.6 is 11.3 Å². The van der Waals surface area contributed by atoms with E-state index < -0.39 is 11.8 Å². The molecule has 5 aliphatic rings. The van der Waals surface area contributed by atoms with E-state index in [2.05, 4.69) is 16.8 Å². The molecule has 1 aromatic carbocycles. The highest BCUT2D eigenvalue weighted by atomic mass is 32.1. The van der Waals surface area contributed by atoms with Gasteiger partial charge in [0.15, 0.2) is 10.9 Å². The third kappa shape index (κ3) is 4.10. The van der Waals surface area contributed by atoms with Crippen LogP contribution in [0.15, 0.2) is 16.7 Å². The highest BCUT2D eigenvalue weighted by Crippen LogP contribution is 2.64. The van der Waals surface area contributed by atoms with Gasteiger partial charge in [-0.25, -0.2) is 14.2 Å². The van der Waals surface area contributed by atoms with Gasteiger partial charge in [0.05, 0.1) is 28.7 Å². The molecule has 3 saturated carbocycles. The molecule has 9 heteroatoms. The normalized spacial score (nSPS) is 30.9. The first-order chi connectivity index (χ1) is 19.4. The highest BCUT2D eigenvalue weighted by molar-refractivity contribution is 7.22. The number of hydrogen-bond acceptors (Lipinski definition) is 7. The van der Waals surface area contributed by atoms with E-state index in [0.29, 0.717) is 34.5 Å². The minimum atomic E-state index is -1.13. The predicted octanol–water partition coefficient (Wildman–Crippen LogP) is 7.40. The maximum atomic E-state index is 14.7. The third-order valence-electron chi connectivity index (χ3n) is 10.6. The molecule has 2 saturated heterocycles. The summed E-state index contributed by atoms with van der Waals surface area (Å²) in [7, 11) is 0. The van der Waals surface area contributed by atoms with E-state index in [-0.39, 0.29) is 29.3 Å². The molecule has 2 bridgehead atoms. The molecular weight excluding hydrogens is 529 g/mol. The summed E-state index contributed by atoms with van der Waals surface area (Å²) in [5, 5.41) is 14.9. The first-order valence-electron chi connectivity index (χ1n) is 15.1. The highest BCUT2D eigenvalue weighted by Gasteiger charge is 2.53. The summed E-state index contributed by atoms with van der Waals surface area (Å²) >= 11 is 1.40. The van der Waals surface area contributed by atoms with Gasteiger partial charge < -0.3 is 19.3 Å². The number of fused-ring (bicyclic) bond motifs is 3. The molecule has 8 rings (SSSR count). The standard InChI is InChI=1S/C31H36FN3O4S/c1-16-10-19-13-20(14-24(16)35(19)30-33-27-23(32)11-18(29(36)37)12-25(27)40-30)38-15-21-26(34-39-28(21)17-5-6-17)22-4-2-3-7-31(22)8-9-31/h11-12,16-17,19-20,22,24H,2-10,13-15H2,1H3,(H,36,37)/t16-,19?,20?,22?,24?/m1/s1. The van der Waals surface area contributed by atoms with Crippen LogP contribution in [0.1, 0.15) is 117 Å². The number of halogens is 1. The summed E-state index contributed by atoms with van der Waals surface area (Å²) in [6.45, 7) is 2.87. The molecule has 3 aliphatic carbocycles. The number of aromatic nitrogens is 2. The molecule has 40 heavy (non-hydrogen) atoms. The van der Waals surface area contributed by atoms with E-state index in [9.17, 15) is 14.3 Å². The van der Waals surface area contributed by atoms with Crippen molar-refractivity contribution in [1.29, 1.82) is 0 Å². The van der Waals surface area contributed by atoms with Gasteiger partial charge in [0.1, 0.15) is 11.3 Å². The molecule has 0 radical (unpaired) electrons. The second kappa shape index (κ2) is 9.24. The molecule has 4 heterocycles. The number of aromatic carboxylic acids is 1. The number of rotatable bonds is 7. The van der Waals surface area contributed by atoms with E-state index in [1.54, 1.807) is 0 Å². The fraction of sp³-hybridized carbons (Fsp3) is 0.645. The lowest BCUT2D eigenvalue weighted by molar-refractivity contribution is 0.0128. The zero-order valence-electron chi connectivity index (χ0n) is 22.9. The van der Waals surface area contributed by atoms with Crippen molar-refractivity contribution in [3.05, 3.63) is 40.5 Å². The van der Waals surface area contributed by atoms with Crippen molar-refractivity contribution >= 4 is 32.7 Å². The van der Waals surface area contributed by atoms with E-state index in [0.717, 1.165) is 36.2 Å². The number of thiazole rings is 1. The molecule has 5 fully saturated rings. The average Bonchev–Trinajstić information content (AvgIpc) is 3.82. The second-order valence-corrected chi connectivity index (χ2v) is 14.2. The van der Waals surface area contributed by atoms with Crippen molar-refractivity contribution in [2.45, 2.75) is 114 Å². The summed E-state index contributed by atoms with van der Waals surface area (Å²) in [6, 6.07) is 3.15. The quantitative estimate of drug-likeness (QED) is 0.319. The van der Waals surface area contributed by atoms with Crippen LogP contribution < -0.4 is 4.90 Å². The van der Waals surface area contributed by atoms with E-state index in [1.165, 1.54) is 80.0 Å². The summed E-state index contributed by atoms with van der Waals surface area (Å²) in [6.07, 6.45) is 13.2. The van der Waals surface area contributed by atoms with Gasteiger partial charge in [-0.1, -0.05) is 36.3 Å². The fourth-order valence-electron chi connectivity index (χ4n) is 8.23. The lowest BCUT2D eigenvalue weighted by atomic mass is 9.73. The number of hydrogen-bond donors (Lipinski definition) is 1. The van der Waals surface area contributed by atoms with Crippen molar-refractivity contribution in [2.75, 3.05) is 4.90 Å². The van der Waals surface area contributed by atoms with Gasteiger partial charge in [-0.15, -0.1) is 0 Å². The summed E-state index contributed by atoms with van der Waals surface area (Å²) in [4.78, 5) is 18.5. The Morgan fingerprint density at radius 1 is 1.20 bits per heavy atom. The minimum absolute atomic E-state index is 0.0387. The molecule has 4 unspecified atom stereocenters. The van der Waals surface area contributed by atoms with Gasteiger partial charge in [0, 0.05) is 29.5 Å². The number of anilines is 1. The maximum Gasteiger partial charge on any atom is 0.335 e. The molecule has 212 valence electrons. The Bertz CT molecular complexity index is 1480. The number of benzene rings is 1. The number of piperidine rings is 1. The van der Waals surface area contributed by atoms with Crippen LogP contribution in [0.25, 0.3) is 10.2 Å². The van der Waals surface area contributed by atoms with Gasteiger partial charge in [0.25, 0.3) is 0 Å². The fourth-order valence-corrected chi connectivity index (χ4v) is 9.38. The zero-order valence-corrected chi connectivity index (χ0v) is 23.7. The van der Waals surface area contributed by atoms with Crippen LogP contribution in [-0.4, -0.2) is 39.4 Å². The summed E-state index contributed by atoms with van der Waals surface area (Å²) in [5.41, 5.74) is 3.14. The smallest absolute Gasteiger partial charge is 0.335 e. The Labute approximate surface area is 237 Å². The average molecular weight is 566 g/mol. The molecule has 7 nitrogen and oxygen atoms in total. The van der Waals surface area contributed by atoms with Gasteiger partial charge in [-0.05, 0) is 81.3 Å². The van der Waals surface area contributed by atoms with E-state index in [4.69, 9.17) is 14.4 Å². The van der Waals surface area contributed by atoms with Crippen LogP contribution in [0.5, 0.6) is 0 Å². The number of carboxylic acid groups (broad SMARTS) is 1. The van der Waals surface area contributed by atoms with Crippen molar-refractivity contribution in [3.63, 3.8) is 0 Å². The lowest BCUT2D eigenvalue weighted by Crippen LogP contribution is -2.46. The Morgan fingerprint density at radius 3 is 2.80 bits per heavy atom. The lowest BCUT2D eigenvalue weighted by Gasteiger charge is -2.39. The Kier molecular flexibility index (Phi) is 5.83. The molecule has 1 N–H and O–H groups in total. The zero-order chi connectivity index (χ0) is 27.2. The van der Waals surface area contributed by atoms with Crippen molar-refractivity contribution in [2.24, 2.45) is 11.3 Å². The Balaban J connectivity index is 1.02. The van der Waals surface area contributed by atoms with Gasteiger partial charge in [0.2, 0.25) is 0 Å². The third-order valence-corrected chi connectivity index (χ3v) is 11.7. The maximum absolute atomic E-state index is 14.7. The van der Waals surface area contributed by atoms with Gasteiger partial charge in [-0.2, -0.15) is 0 Å². The Morgan fingerprint density at radius 2 is 2.05 bits per heavy atom. The van der Waals surface area contributed by atoms with Crippen LogP contribution in [0, 0.1) is 17.2 Å². The number of ether oxygens (including phenoxy) is 1. The van der Waals surface area contributed by atoms with Crippen LogP contribution in [0.4, 0.5) is 9.52 Å². The van der Waals surface area contributed by atoms with Crippen LogP contribution in [0.2, 0.25) is 0 Å². The van der Waals surface area contributed by atoms with Gasteiger partial charge >= 0.3 is 5.97 Å². The van der Waals surface area contributed by atoms with Crippen molar-refractivity contribution in [1.82, 2.24) is 10.1 Å². The van der Waals surface area contributed by atoms with Gasteiger partial charge in [-0.3, -0.25) is 0 Å². The Hall–Kier alpha value is -2.52. The molecule has 5 atom stereocenters.